The Hall–Kier alpha value is -2.15. The summed E-state index contributed by atoms with van der Waals surface area (Å²) in [7, 11) is 0. The molecule has 0 aliphatic heterocycles. The van der Waals surface area contributed by atoms with Gasteiger partial charge in [0.15, 0.2) is 17.0 Å². The molecule has 2 aromatic heterocycles. The average Bonchev–Trinajstić information content (AvgIpc) is 3.15. The number of rotatable bonds is 8. The van der Waals surface area contributed by atoms with Gasteiger partial charge in [-0.25, -0.2) is 4.98 Å². The number of aliphatic hydroxyl groups is 1. The van der Waals surface area contributed by atoms with Gasteiger partial charge in [0, 0.05) is 12.6 Å². The van der Waals surface area contributed by atoms with E-state index in [-0.39, 0.29) is 18.7 Å². The van der Waals surface area contributed by atoms with Crippen molar-refractivity contribution < 1.29 is 5.11 Å². The third-order valence-electron chi connectivity index (χ3n) is 7.30. The first kappa shape index (κ1) is 18.9. The van der Waals surface area contributed by atoms with Crippen LogP contribution in [0, 0.1) is 17.3 Å². The second-order valence-corrected chi connectivity index (χ2v) is 9.55. The van der Waals surface area contributed by atoms with Gasteiger partial charge in [-0.3, -0.25) is 0 Å². The van der Waals surface area contributed by atoms with Gasteiger partial charge in [0.1, 0.15) is 0 Å². The van der Waals surface area contributed by atoms with Gasteiger partial charge in [0.2, 0.25) is 5.95 Å². The molecule has 3 saturated carbocycles. The summed E-state index contributed by atoms with van der Waals surface area (Å²) in [6.45, 7) is 7.30. The molecule has 2 heterocycles. The first-order chi connectivity index (χ1) is 14.0. The van der Waals surface area contributed by atoms with Crippen LogP contribution in [-0.4, -0.2) is 43.8 Å². The quantitative estimate of drug-likeness (QED) is 0.589. The van der Waals surface area contributed by atoms with Gasteiger partial charge in [0.05, 0.1) is 19.0 Å². The van der Waals surface area contributed by atoms with Gasteiger partial charge in [-0.2, -0.15) is 9.97 Å². The van der Waals surface area contributed by atoms with Crippen molar-refractivity contribution in [1.82, 2.24) is 19.5 Å². The molecule has 156 valence electrons. The Bertz CT molecular complexity index is 930. The molecule has 2 aromatic rings. The second kappa shape index (κ2) is 6.97. The van der Waals surface area contributed by atoms with Crippen LogP contribution in [0.2, 0.25) is 0 Å². The van der Waals surface area contributed by atoms with E-state index in [4.69, 9.17) is 9.97 Å². The minimum absolute atomic E-state index is 0.0540. The maximum absolute atomic E-state index is 9.59. The van der Waals surface area contributed by atoms with Gasteiger partial charge < -0.3 is 20.3 Å². The predicted octanol–water partition coefficient (Wildman–Crippen LogP) is 3.75. The molecule has 0 spiro atoms. The summed E-state index contributed by atoms with van der Waals surface area (Å²) in [5, 5.41) is 16.5. The van der Waals surface area contributed by atoms with E-state index in [2.05, 4.69) is 40.1 Å². The lowest BCUT2D eigenvalue weighted by Gasteiger charge is -2.58. The summed E-state index contributed by atoms with van der Waals surface area (Å²) in [5.41, 5.74) is 3.76. The number of aromatic nitrogens is 4. The number of allylic oxidation sites excluding steroid dienone is 2. The van der Waals surface area contributed by atoms with E-state index < -0.39 is 0 Å². The molecule has 3 unspecified atom stereocenters. The zero-order chi connectivity index (χ0) is 20.2. The van der Waals surface area contributed by atoms with Crippen LogP contribution in [0.25, 0.3) is 11.2 Å². The Balaban J connectivity index is 1.44. The van der Waals surface area contributed by atoms with Crippen LogP contribution >= 0.6 is 0 Å². The summed E-state index contributed by atoms with van der Waals surface area (Å²) < 4.78 is 2.08. The zero-order valence-electron chi connectivity index (χ0n) is 17.6. The lowest BCUT2D eigenvalue weighted by Crippen LogP contribution is -2.49. The van der Waals surface area contributed by atoms with Crippen LogP contribution in [0.4, 0.5) is 11.8 Å². The first-order valence-corrected chi connectivity index (χ1v) is 11.1. The van der Waals surface area contributed by atoms with Crippen molar-refractivity contribution in [2.24, 2.45) is 17.3 Å². The van der Waals surface area contributed by atoms with Crippen LogP contribution in [0.3, 0.4) is 0 Å². The highest BCUT2D eigenvalue weighted by Gasteiger charge is 2.52. The fraction of sp³-hybridized carbons (Fsp3) is 0.682. The van der Waals surface area contributed by atoms with Crippen molar-refractivity contribution in [1.29, 1.82) is 0 Å². The molecule has 7 nitrogen and oxygen atoms in total. The molecular formula is C22H32N6O. The zero-order valence-corrected chi connectivity index (χ0v) is 17.6. The Morgan fingerprint density at radius 1 is 1.28 bits per heavy atom. The minimum Gasteiger partial charge on any atom is -0.394 e. The van der Waals surface area contributed by atoms with E-state index in [1.807, 2.05) is 13.3 Å². The normalized spacial score (nSPS) is 28.4. The van der Waals surface area contributed by atoms with E-state index in [0.717, 1.165) is 41.8 Å². The Morgan fingerprint density at radius 2 is 2.07 bits per heavy atom. The molecule has 5 aliphatic carbocycles. The summed E-state index contributed by atoms with van der Waals surface area (Å²) in [6, 6.07) is 0.211. The van der Waals surface area contributed by atoms with Gasteiger partial charge in [-0.15, -0.1) is 0 Å². The molecule has 5 aliphatic rings. The Labute approximate surface area is 172 Å². The van der Waals surface area contributed by atoms with Crippen molar-refractivity contribution in [2.45, 2.75) is 65.0 Å². The molecule has 7 heteroatoms. The summed E-state index contributed by atoms with van der Waals surface area (Å²) >= 11 is 0. The molecule has 3 N–H and O–H groups in total. The maximum Gasteiger partial charge on any atom is 0.227 e. The number of imidazole rings is 1. The predicted molar refractivity (Wildman–Crippen MR) is 115 cm³/mol. The third kappa shape index (κ3) is 3.10. The van der Waals surface area contributed by atoms with Crippen LogP contribution < -0.4 is 10.6 Å². The SMILES string of the molecule is CCC(CO)Nc1nc(NCC23CC=C4C(CC4C2)C3)c2ncn(C(C)C)c2n1. The Morgan fingerprint density at radius 3 is 2.72 bits per heavy atom. The minimum atomic E-state index is -0.0540. The first-order valence-electron chi connectivity index (χ1n) is 11.1. The molecular weight excluding hydrogens is 364 g/mol. The molecule has 4 bridgehead atoms. The van der Waals surface area contributed by atoms with E-state index in [0.29, 0.717) is 11.4 Å². The lowest BCUT2D eigenvalue weighted by molar-refractivity contribution is 0.0485. The van der Waals surface area contributed by atoms with Crippen LogP contribution in [0.15, 0.2) is 18.0 Å². The maximum atomic E-state index is 9.59. The number of anilines is 2. The highest BCUT2D eigenvalue weighted by molar-refractivity contribution is 5.84. The fourth-order valence-corrected chi connectivity index (χ4v) is 5.58. The second-order valence-electron chi connectivity index (χ2n) is 9.55. The van der Waals surface area contributed by atoms with E-state index in [9.17, 15) is 5.11 Å². The van der Waals surface area contributed by atoms with Crippen LogP contribution in [0.1, 0.15) is 58.9 Å². The van der Waals surface area contributed by atoms with Gasteiger partial charge in [0.25, 0.3) is 0 Å². The summed E-state index contributed by atoms with van der Waals surface area (Å²) in [6.07, 6.45) is 10.4. The van der Waals surface area contributed by atoms with Gasteiger partial charge in [-0.1, -0.05) is 18.6 Å². The van der Waals surface area contributed by atoms with E-state index >= 15 is 0 Å². The number of fused-ring (bicyclic) bond motifs is 2. The average molecular weight is 397 g/mol. The number of aliphatic hydroxyl groups excluding tert-OH is 1. The van der Waals surface area contributed by atoms with Crippen molar-refractivity contribution in [3.8, 4) is 0 Å². The van der Waals surface area contributed by atoms with Crippen molar-refractivity contribution in [3.63, 3.8) is 0 Å². The molecule has 0 radical (unpaired) electrons. The number of nitrogens with one attached hydrogen (secondary N) is 2. The number of hydrogen-bond acceptors (Lipinski definition) is 6. The van der Waals surface area contributed by atoms with Gasteiger partial charge >= 0.3 is 0 Å². The molecule has 3 atom stereocenters. The van der Waals surface area contributed by atoms with Crippen LogP contribution in [-0.2, 0) is 0 Å². The number of nitrogens with zero attached hydrogens (tertiary/aromatic N) is 4. The smallest absolute Gasteiger partial charge is 0.227 e. The van der Waals surface area contributed by atoms with Crippen molar-refractivity contribution >= 4 is 22.9 Å². The summed E-state index contributed by atoms with van der Waals surface area (Å²) in [5.74, 6) is 3.02. The Kier molecular flexibility index (Phi) is 4.53. The van der Waals surface area contributed by atoms with E-state index in [1.54, 1.807) is 5.57 Å². The standard InChI is InChI=1S/C22H32N6O/c1-4-16(10-29)25-21-26-19(18-20(27-21)28(12-24-18)13(2)3)23-11-22-6-5-17-14(8-22)7-15(17)9-22/h5,12-16,29H,4,6-11H2,1-3H3,(H2,23,25,26,27). The highest BCUT2D eigenvalue weighted by atomic mass is 16.3. The summed E-state index contributed by atoms with van der Waals surface area (Å²) in [4.78, 5) is 14.1. The fourth-order valence-electron chi connectivity index (χ4n) is 5.58. The largest absolute Gasteiger partial charge is 0.394 e. The molecule has 3 fully saturated rings. The van der Waals surface area contributed by atoms with Crippen molar-refractivity contribution in [3.05, 3.63) is 18.0 Å². The van der Waals surface area contributed by atoms with Gasteiger partial charge in [-0.05, 0) is 63.2 Å². The van der Waals surface area contributed by atoms with E-state index in [1.165, 1.54) is 25.7 Å². The molecule has 0 amide bonds. The third-order valence-corrected chi connectivity index (χ3v) is 7.30. The molecule has 7 rings (SSSR count). The molecule has 29 heavy (non-hydrogen) atoms. The topological polar surface area (TPSA) is 87.9 Å². The lowest BCUT2D eigenvalue weighted by atomic mass is 9.48. The monoisotopic (exact) mass is 396 g/mol. The number of hydrogen-bond donors (Lipinski definition) is 3. The van der Waals surface area contributed by atoms with Crippen molar-refractivity contribution in [2.75, 3.05) is 23.8 Å². The molecule has 0 saturated heterocycles. The highest BCUT2D eigenvalue weighted by Crippen LogP contribution is 2.62. The van der Waals surface area contributed by atoms with Crippen LogP contribution in [0.5, 0.6) is 0 Å². The molecule has 0 aromatic carbocycles.